The second-order valence-corrected chi connectivity index (χ2v) is 8.59. The summed E-state index contributed by atoms with van der Waals surface area (Å²) in [5.74, 6) is 2.36. The van der Waals surface area contributed by atoms with Crippen LogP contribution in [0.2, 0.25) is 0 Å². The largest absolute Gasteiger partial charge is 0.497 e. The lowest BCUT2D eigenvalue weighted by atomic mass is 9.84. The summed E-state index contributed by atoms with van der Waals surface area (Å²) in [4.78, 5) is 25.9. The summed E-state index contributed by atoms with van der Waals surface area (Å²) in [6.45, 7) is 0.0778. The Morgan fingerprint density at radius 1 is 0.838 bits per heavy atom. The van der Waals surface area contributed by atoms with E-state index in [-0.39, 0.29) is 24.8 Å². The van der Waals surface area contributed by atoms with Crippen LogP contribution in [0, 0.1) is 0 Å². The van der Waals surface area contributed by atoms with E-state index in [2.05, 4.69) is 0 Å². The van der Waals surface area contributed by atoms with Gasteiger partial charge in [0.2, 0.25) is 18.3 Å². The van der Waals surface area contributed by atoms with Crippen molar-refractivity contribution in [3.05, 3.63) is 70.5 Å². The van der Waals surface area contributed by atoms with Crippen molar-refractivity contribution in [3.8, 4) is 40.2 Å². The maximum atomic E-state index is 13.3. The third kappa shape index (κ3) is 3.70. The molecule has 1 atom stereocenters. The van der Waals surface area contributed by atoms with Gasteiger partial charge in [0.05, 0.1) is 33.3 Å². The second kappa shape index (κ2) is 8.77. The fourth-order valence-electron chi connectivity index (χ4n) is 4.82. The lowest BCUT2D eigenvalue weighted by Crippen LogP contribution is -2.21. The molecule has 0 saturated heterocycles. The average molecular weight is 502 g/mol. The number of carbonyl (C=O) groups is 2. The van der Waals surface area contributed by atoms with Crippen molar-refractivity contribution in [3.63, 3.8) is 0 Å². The van der Waals surface area contributed by atoms with Crippen LogP contribution in [0.4, 0.5) is 0 Å². The van der Waals surface area contributed by atoms with E-state index in [1.807, 2.05) is 6.07 Å². The van der Waals surface area contributed by atoms with Gasteiger partial charge in [-0.2, -0.15) is 0 Å². The Kier molecular flexibility index (Phi) is 5.40. The normalized spacial score (nSPS) is 18.1. The third-order valence-electron chi connectivity index (χ3n) is 6.59. The summed E-state index contributed by atoms with van der Waals surface area (Å²) in [6.07, 6.45) is 1.68. The van der Waals surface area contributed by atoms with Gasteiger partial charge >= 0.3 is 5.97 Å². The van der Waals surface area contributed by atoms with Crippen molar-refractivity contribution < 1.29 is 42.7 Å². The molecule has 0 aromatic heterocycles. The van der Waals surface area contributed by atoms with Gasteiger partial charge in [-0.15, -0.1) is 0 Å². The fraction of sp³-hybridized carbons (Fsp3) is 0.214. The predicted molar refractivity (Wildman–Crippen MR) is 130 cm³/mol. The summed E-state index contributed by atoms with van der Waals surface area (Å²) in [6, 6.07) is 12.1. The smallest absolute Gasteiger partial charge is 0.312 e. The van der Waals surface area contributed by atoms with Crippen LogP contribution >= 0.6 is 0 Å². The van der Waals surface area contributed by atoms with Crippen molar-refractivity contribution in [1.29, 1.82) is 0 Å². The molecule has 0 spiro atoms. The number of methoxy groups -OCH3 is 3. The van der Waals surface area contributed by atoms with Crippen LogP contribution in [-0.4, -0.2) is 39.9 Å². The first-order valence-electron chi connectivity index (χ1n) is 11.5. The number of fused-ring (bicyclic) bond motifs is 4. The zero-order valence-electron chi connectivity index (χ0n) is 20.3. The number of hydrogen-bond donors (Lipinski definition) is 0. The Bertz CT molecular complexity index is 1490. The Labute approximate surface area is 212 Å². The maximum Gasteiger partial charge on any atom is 0.312 e. The summed E-state index contributed by atoms with van der Waals surface area (Å²) < 4.78 is 39.0. The van der Waals surface area contributed by atoms with Crippen LogP contribution in [0.25, 0.3) is 6.08 Å². The molecule has 3 aromatic carbocycles. The quantitative estimate of drug-likeness (QED) is 0.284. The van der Waals surface area contributed by atoms with E-state index >= 15 is 0 Å². The van der Waals surface area contributed by atoms with Gasteiger partial charge < -0.3 is 33.2 Å². The summed E-state index contributed by atoms with van der Waals surface area (Å²) >= 11 is 0. The van der Waals surface area contributed by atoms with Gasteiger partial charge in [-0.1, -0.05) is 0 Å². The van der Waals surface area contributed by atoms with Crippen LogP contribution in [-0.2, 0) is 4.79 Å². The second-order valence-electron chi connectivity index (χ2n) is 8.59. The Hall–Kier alpha value is -4.66. The molecule has 0 unspecified atom stereocenters. The Morgan fingerprint density at radius 3 is 2.46 bits per heavy atom. The molecule has 188 valence electrons. The topological polar surface area (TPSA) is 98.8 Å². The number of ketones is 1. The van der Waals surface area contributed by atoms with Gasteiger partial charge in [0, 0.05) is 23.1 Å². The predicted octanol–water partition coefficient (Wildman–Crippen LogP) is 4.50. The van der Waals surface area contributed by atoms with Gasteiger partial charge in [0.25, 0.3) is 0 Å². The van der Waals surface area contributed by atoms with Gasteiger partial charge in [0.15, 0.2) is 17.3 Å². The summed E-state index contributed by atoms with van der Waals surface area (Å²) in [5.41, 5.74) is 2.39. The van der Waals surface area contributed by atoms with E-state index in [0.29, 0.717) is 56.9 Å². The number of ether oxygens (including phenoxy) is 7. The molecule has 0 bridgehead atoms. The van der Waals surface area contributed by atoms with Gasteiger partial charge in [-0.05, 0) is 48.0 Å². The molecule has 0 amide bonds. The molecule has 9 nitrogen and oxygen atoms in total. The lowest BCUT2D eigenvalue weighted by molar-refractivity contribution is -0.135. The maximum absolute atomic E-state index is 13.3. The highest BCUT2D eigenvalue weighted by Crippen LogP contribution is 2.52. The molecule has 3 heterocycles. The molecule has 0 N–H and O–H groups in total. The van der Waals surface area contributed by atoms with Crippen molar-refractivity contribution in [2.45, 2.75) is 12.3 Å². The number of Topliss-reactive ketones (excluding diaryl/α,β-unsaturated/α-hetero) is 1. The molecule has 37 heavy (non-hydrogen) atoms. The van der Waals surface area contributed by atoms with E-state index in [0.717, 1.165) is 5.56 Å². The molecule has 6 rings (SSSR count). The fourth-order valence-corrected chi connectivity index (χ4v) is 4.82. The van der Waals surface area contributed by atoms with Crippen LogP contribution < -0.4 is 33.2 Å². The van der Waals surface area contributed by atoms with Crippen molar-refractivity contribution in [1.82, 2.24) is 0 Å². The molecule has 9 heteroatoms. The van der Waals surface area contributed by atoms with Crippen molar-refractivity contribution in [2.75, 3.05) is 28.1 Å². The van der Waals surface area contributed by atoms with E-state index in [1.165, 1.54) is 14.2 Å². The monoisotopic (exact) mass is 502 g/mol. The van der Waals surface area contributed by atoms with Crippen LogP contribution in [0.15, 0.2) is 48.2 Å². The van der Waals surface area contributed by atoms with Gasteiger partial charge in [-0.25, -0.2) is 0 Å². The van der Waals surface area contributed by atoms with E-state index < -0.39 is 11.9 Å². The molecule has 0 fully saturated rings. The summed E-state index contributed by atoms with van der Waals surface area (Å²) in [5, 5.41) is 0. The number of esters is 1. The minimum atomic E-state index is -0.461. The molecule has 3 aliphatic rings. The molecule has 3 aromatic rings. The Balaban J connectivity index is 1.45. The first-order valence-corrected chi connectivity index (χ1v) is 11.5. The average Bonchev–Trinajstić information content (AvgIpc) is 3.52. The van der Waals surface area contributed by atoms with Crippen LogP contribution in [0.3, 0.4) is 0 Å². The van der Waals surface area contributed by atoms with Crippen molar-refractivity contribution in [2.24, 2.45) is 0 Å². The molecular weight excluding hydrogens is 480 g/mol. The number of carbonyl (C=O) groups excluding carboxylic acids is 2. The zero-order valence-corrected chi connectivity index (χ0v) is 20.3. The number of hydrogen-bond acceptors (Lipinski definition) is 9. The van der Waals surface area contributed by atoms with Crippen LogP contribution in [0.1, 0.15) is 39.4 Å². The Morgan fingerprint density at radius 2 is 1.68 bits per heavy atom. The van der Waals surface area contributed by atoms with E-state index in [4.69, 9.17) is 33.2 Å². The highest BCUT2D eigenvalue weighted by molar-refractivity contribution is 6.15. The highest BCUT2D eigenvalue weighted by atomic mass is 16.7. The minimum absolute atomic E-state index is 0.0507. The molecule has 0 aliphatic carbocycles. The molecule has 3 aliphatic heterocycles. The van der Waals surface area contributed by atoms with Crippen LogP contribution in [0.5, 0.6) is 40.2 Å². The first kappa shape index (κ1) is 22.8. The number of rotatable bonds is 5. The summed E-state index contributed by atoms with van der Waals surface area (Å²) in [7, 11) is 4.64. The molecule has 0 radical (unpaired) electrons. The number of allylic oxidation sites excluding steroid dienone is 1. The lowest BCUT2D eigenvalue weighted by Gasteiger charge is -2.26. The third-order valence-corrected chi connectivity index (χ3v) is 6.59. The van der Waals surface area contributed by atoms with E-state index in [9.17, 15) is 9.59 Å². The molecule has 0 saturated carbocycles. The number of benzene rings is 3. The zero-order chi connectivity index (χ0) is 25.7. The minimum Gasteiger partial charge on any atom is -0.497 e. The first-order chi connectivity index (χ1) is 18.0. The molecular formula is C28H22O9. The van der Waals surface area contributed by atoms with Gasteiger partial charge in [0.1, 0.15) is 23.0 Å². The highest BCUT2D eigenvalue weighted by Gasteiger charge is 2.39. The standard InChI is InChI=1S/C28H22O9/c1-31-16-5-4-14(20(11-16)32-2)8-21-26(30)17-6-7-19-25(27(17)37-21)18(12-24(29)36-19)15-9-22(33-3)28-23(10-15)34-13-35-28/h4-11,18H,12-13H2,1-3H3/b21-8-/t18-/m1/s1. The van der Waals surface area contributed by atoms with Crippen molar-refractivity contribution >= 4 is 17.8 Å². The van der Waals surface area contributed by atoms with E-state index in [1.54, 1.807) is 49.6 Å². The van der Waals surface area contributed by atoms with Gasteiger partial charge in [-0.3, -0.25) is 9.59 Å². The SMILES string of the molecule is COc1ccc(/C=C2\Oc3c(ccc4c3[C@@H](c3cc(OC)c5c(c3)OCO5)CC(=O)O4)C2=O)c(OC)c1.